The highest BCUT2D eigenvalue weighted by Crippen LogP contribution is 2.32. The zero-order valence-corrected chi connectivity index (χ0v) is 8.43. The minimum atomic E-state index is -4.71. The molecule has 0 saturated heterocycles. The molecule has 1 rings (SSSR count). The van der Waals surface area contributed by atoms with E-state index in [1.54, 1.807) is 0 Å². The molecule has 0 fully saturated rings. The van der Waals surface area contributed by atoms with Crippen molar-refractivity contribution in [3.63, 3.8) is 0 Å². The number of sulfonamides is 1. The van der Waals surface area contributed by atoms with Gasteiger partial charge in [-0.3, -0.25) is 0 Å². The van der Waals surface area contributed by atoms with E-state index in [9.17, 15) is 21.6 Å². The summed E-state index contributed by atoms with van der Waals surface area (Å²) in [6.07, 6.45) is -4.71. The van der Waals surface area contributed by atoms with Crippen molar-refractivity contribution < 1.29 is 21.6 Å². The molecule has 86 valence electrons. The zero-order chi connectivity index (χ0) is 12.6. The summed E-state index contributed by atoms with van der Waals surface area (Å²) in [6, 6.07) is 3.09. The molecule has 1 aromatic rings. The van der Waals surface area contributed by atoms with Crippen LogP contribution in [0.25, 0.3) is 0 Å². The number of hydrogen-bond donors (Lipinski definition) is 1. The van der Waals surface area contributed by atoms with Crippen LogP contribution >= 0.6 is 0 Å². The van der Waals surface area contributed by atoms with Crippen LogP contribution < -0.4 is 5.14 Å². The summed E-state index contributed by atoms with van der Waals surface area (Å²) in [7, 11) is -4.12. The van der Waals surface area contributed by atoms with Gasteiger partial charge in [0.15, 0.2) is 0 Å². The summed E-state index contributed by atoms with van der Waals surface area (Å²) in [5, 5.41) is 13.2. The predicted molar refractivity (Wildman–Crippen MR) is 47.5 cm³/mol. The van der Waals surface area contributed by atoms with Crippen molar-refractivity contribution in [3.8, 4) is 6.07 Å². The molecule has 0 heterocycles. The maximum absolute atomic E-state index is 12.3. The Kier molecular flexibility index (Phi) is 2.94. The summed E-state index contributed by atoms with van der Waals surface area (Å²) in [4.78, 5) is -0.531. The average molecular weight is 250 g/mol. The Hall–Kier alpha value is -1.59. The Labute approximate surface area is 89.2 Å². The lowest BCUT2D eigenvalue weighted by atomic mass is 10.1. The van der Waals surface area contributed by atoms with Gasteiger partial charge in [0.25, 0.3) is 0 Å². The van der Waals surface area contributed by atoms with Crippen LogP contribution in [0.5, 0.6) is 0 Å². The Bertz CT molecular complexity index is 558. The third-order valence-electron chi connectivity index (χ3n) is 1.75. The third-order valence-corrected chi connectivity index (χ3v) is 2.66. The van der Waals surface area contributed by atoms with Crippen molar-refractivity contribution in [2.24, 2.45) is 5.14 Å². The van der Waals surface area contributed by atoms with E-state index in [4.69, 9.17) is 10.4 Å². The van der Waals surface area contributed by atoms with Crippen molar-refractivity contribution in [1.82, 2.24) is 0 Å². The summed E-state index contributed by atoms with van der Waals surface area (Å²) >= 11 is 0. The molecule has 0 spiro atoms. The van der Waals surface area contributed by atoms with Crippen molar-refractivity contribution in [2.45, 2.75) is 11.1 Å². The lowest BCUT2D eigenvalue weighted by Crippen LogP contribution is -2.14. The van der Waals surface area contributed by atoms with Crippen LogP contribution in [0.4, 0.5) is 13.2 Å². The monoisotopic (exact) mass is 250 g/mol. The molecule has 0 saturated carbocycles. The predicted octanol–water partition coefficient (Wildman–Crippen LogP) is 1.22. The van der Waals surface area contributed by atoms with Gasteiger partial charge in [-0.1, -0.05) is 0 Å². The number of alkyl halides is 3. The van der Waals surface area contributed by atoms with Crippen molar-refractivity contribution >= 4 is 10.0 Å². The quantitative estimate of drug-likeness (QED) is 0.813. The van der Waals surface area contributed by atoms with Gasteiger partial charge >= 0.3 is 6.18 Å². The molecule has 0 atom stereocenters. The molecular formula is C8H5F3N2O2S. The molecule has 0 aliphatic carbocycles. The fourth-order valence-electron chi connectivity index (χ4n) is 1.04. The highest BCUT2D eigenvalue weighted by atomic mass is 32.2. The minimum Gasteiger partial charge on any atom is -0.225 e. The second-order valence-electron chi connectivity index (χ2n) is 2.86. The first-order chi connectivity index (χ1) is 7.16. The van der Waals surface area contributed by atoms with Crippen molar-refractivity contribution in [3.05, 3.63) is 29.3 Å². The van der Waals surface area contributed by atoms with E-state index in [1.165, 1.54) is 6.07 Å². The molecule has 4 nitrogen and oxygen atoms in total. The molecule has 0 aliphatic heterocycles. The fourth-order valence-corrected chi connectivity index (χ4v) is 1.58. The topological polar surface area (TPSA) is 83.9 Å². The highest BCUT2D eigenvalue weighted by Gasteiger charge is 2.34. The number of halogens is 3. The average Bonchev–Trinajstić information content (AvgIpc) is 2.14. The number of benzene rings is 1. The smallest absolute Gasteiger partial charge is 0.225 e. The van der Waals surface area contributed by atoms with Gasteiger partial charge in [-0.25, -0.2) is 13.6 Å². The number of primary sulfonamides is 1. The van der Waals surface area contributed by atoms with Gasteiger partial charge in [0.1, 0.15) is 0 Å². The minimum absolute atomic E-state index is 0.512. The summed E-state index contributed by atoms with van der Waals surface area (Å²) in [5.41, 5.74) is -1.97. The Morgan fingerprint density at radius 1 is 1.31 bits per heavy atom. The van der Waals surface area contributed by atoms with E-state index in [-0.39, 0.29) is 0 Å². The van der Waals surface area contributed by atoms with Crippen LogP contribution in [0.2, 0.25) is 0 Å². The molecule has 16 heavy (non-hydrogen) atoms. The molecule has 1 aromatic carbocycles. The van der Waals surface area contributed by atoms with Gasteiger partial charge in [0, 0.05) is 0 Å². The van der Waals surface area contributed by atoms with Crippen LogP contribution in [-0.2, 0) is 16.2 Å². The first kappa shape index (κ1) is 12.5. The summed E-state index contributed by atoms with van der Waals surface area (Å²) in [6.45, 7) is 0. The Morgan fingerprint density at radius 2 is 1.88 bits per heavy atom. The van der Waals surface area contributed by atoms with Gasteiger partial charge in [-0.05, 0) is 18.2 Å². The second kappa shape index (κ2) is 3.77. The lowest BCUT2D eigenvalue weighted by molar-refractivity contribution is -0.137. The van der Waals surface area contributed by atoms with Crippen LogP contribution in [0, 0.1) is 11.3 Å². The molecule has 0 aromatic heterocycles. The van der Waals surface area contributed by atoms with Crippen molar-refractivity contribution in [1.29, 1.82) is 5.26 Å². The number of rotatable bonds is 1. The Balaban J connectivity index is 3.48. The van der Waals surface area contributed by atoms with Crippen LogP contribution in [0.3, 0.4) is 0 Å². The van der Waals surface area contributed by atoms with Gasteiger partial charge in [0.05, 0.1) is 22.1 Å². The van der Waals surface area contributed by atoms with E-state index < -0.39 is 32.2 Å². The van der Waals surface area contributed by atoms with Crippen LogP contribution in [0.15, 0.2) is 23.1 Å². The van der Waals surface area contributed by atoms with Gasteiger partial charge in [0.2, 0.25) is 10.0 Å². The first-order valence-corrected chi connectivity index (χ1v) is 5.35. The van der Waals surface area contributed by atoms with E-state index in [1.807, 2.05) is 0 Å². The molecular weight excluding hydrogens is 245 g/mol. The van der Waals surface area contributed by atoms with Gasteiger partial charge in [-0.2, -0.15) is 18.4 Å². The Morgan fingerprint density at radius 3 is 2.25 bits per heavy atom. The molecule has 0 amide bonds. The molecule has 0 bridgehead atoms. The van der Waals surface area contributed by atoms with Gasteiger partial charge in [-0.15, -0.1) is 0 Å². The lowest BCUT2D eigenvalue weighted by Gasteiger charge is -2.09. The molecule has 8 heteroatoms. The third kappa shape index (κ3) is 2.50. The summed E-state index contributed by atoms with van der Waals surface area (Å²) < 4.78 is 58.7. The normalized spacial score (nSPS) is 12.2. The molecule has 0 radical (unpaired) electrons. The van der Waals surface area contributed by atoms with Crippen LogP contribution in [0.1, 0.15) is 11.1 Å². The largest absolute Gasteiger partial charge is 0.417 e. The maximum atomic E-state index is 12.3. The van der Waals surface area contributed by atoms with Gasteiger partial charge < -0.3 is 0 Å². The first-order valence-electron chi connectivity index (χ1n) is 3.80. The van der Waals surface area contributed by atoms with Crippen LogP contribution in [-0.4, -0.2) is 8.42 Å². The molecule has 2 N–H and O–H groups in total. The highest BCUT2D eigenvalue weighted by molar-refractivity contribution is 7.89. The zero-order valence-electron chi connectivity index (χ0n) is 7.62. The molecule has 0 aliphatic rings. The van der Waals surface area contributed by atoms with E-state index in [0.717, 1.165) is 0 Å². The SMILES string of the molecule is N#Cc1cc(S(N)(=O)=O)ccc1C(F)(F)F. The number of nitrogens with zero attached hydrogens (tertiary/aromatic N) is 1. The van der Waals surface area contributed by atoms with E-state index in [0.29, 0.717) is 18.2 Å². The number of nitriles is 1. The van der Waals surface area contributed by atoms with Crippen molar-refractivity contribution in [2.75, 3.05) is 0 Å². The van der Waals surface area contributed by atoms with E-state index >= 15 is 0 Å². The fraction of sp³-hybridized carbons (Fsp3) is 0.125. The second-order valence-corrected chi connectivity index (χ2v) is 4.42. The summed E-state index contributed by atoms with van der Waals surface area (Å²) in [5.74, 6) is 0. The number of hydrogen-bond acceptors (Lipinski definition) is 3. The standard InChI is InChI=1S/C8H5F3N2O2S/c9-8(10,11)7-2-1-6(16(13,14)15)3-5(7)4-12/h1-3H,(H2,13,14,15). The maximum Gasteiger partial charge on any atom is 0.417 e. The molecule has 0 unspecified atom stereocenters. The van der Waals surface area contributed by atoms with E-state index in [2.05, 4.69) is 0 Å². The number of nitrogens with two attached hydrogens (primary N) is 1.